The zero-order chi connectivity index (χ0) is 12.7. The number of amides is 1. The van der Waals surface area contributed by atoms with E-state index in [0.717, 1.165) is 17.6 Å². The summed E-state index contributed by atoms with van der Waals surface area (Å²) in [7, 11) is 0. The topological polar surface area (TPSA) is 52.9 Å². The molecule has 3 heteroatoms. The molecule has 0 saturated carbocycles. The van der Waals surface area contributed by atoms with Crippen LogP contribution >= 0.6 is 0 Å². The lowest BCUT2D eigenvalue weighted by atomic mass is 10.1. The Labute approximate surface area is 102 Å². The fraction of sp³-hybridized carbons (Fsp3) is 0.286. The van der Waals surface area contributed by atoms with Crippen molar-refractivity contribution < 1.29 is 4.79 Å². The van der Waals surface area contributed by atoms with Crippen molar-refractivity contribution in [2.45, 2.75) is 26.8 Å². The van der Waals surface area contributed by atoms with Crippen molar-refractivity contribution in [1.29, 1.82) is 5.26 Å². The summed E-state index contributed by atoms with van der Waals surface area (Å²) in [5, 5.41) is 11.5. The summed E-state index contributed by atoms with van der Waals surface area (Å²) < 4.78 is 0. The lowest BCUT2D eigenvalue weighted by Crippen LogP contribution is -2.23. The number of hydrogen-bond acceptors (Lipinski definition) is 2. The molecule has 0 radical (unpaired) electrons. The number of carbonyl (C=O) groups excluding carboxylic acids is 1. The molecule has 1 aromatic carbocycles. The molecule has 1 aromatic rings. The van der Waals surface area contributed by atoms with E-state index in [4.69, 9.17) is 5.26 Å². The average Bonchev–Trinajstić information content (AvgIpc) is 2.36. The third kappa shape index (κ3) is 4.12. The van der Waals surface area contributed by atoms with Gasteiger partial charge in [0.25, 0.3) is 0 Å². The van der Waals surface area contributed by atoms with Crippen LogP contribution in [0.1, 0.15) is 31.4 Å². The number of allylic oxidation sites excluding steroid dienone is 1. The van der Waals surface area contributed by atoms with Crippen LogP contribution in [0.2, 0.25) is 0 Å². The van der Waals surface area contributed by atoms with E-state index in [9.17, 15) is 4.79 Å². The van der Waals surface area contributed by atoms with Gasteiger partial charge in [0, 0.05) is 12.1 Å². The molecule has 88 valence electrons. The molecule has 0 spiro atoms. The van der Waals surface area contributed by atoms with Crippen molar-refractivity contribution in [1.82, 2.24) is 5.32 Å². The lowest BCUT2D eigenvalue weighted by molar-refractivity contribution is -0.117. The van der Waals surface area contributed by atoms with Gasteiger partial charge in [0.15, 0.2) is 0 Å². The van der Waals surface area contributed by atoms with Crippen LogP contribution in [0, 0.1) is 11.3 Å². The molecular weight excluding hydrogens is 212 g/mol. The third-order valence-corrected chi connectivity index (χ3v) is 2.40. The highest BCUT2D eigenvalue weighted by Gasteiger charge is 2.02. The summed E-state index contributed by atoms with van der Waals surface area (Å²) in [6.07, 6.45) is 2.75. The minimum absolute atomic E-state index is 0.0452. The second kappa shape index (κ2) is 6.49. The van der Waals surface area contributed by atoms with E-state index in [1.165, 1.54) is 0 Å². The van der Waals surface area contributed by atoms with E-state index in [1.807, 2.05) is 25.1 Å². The Morgan fingerprint density at radius 1 is 1.41 bits per heavy atom. The first kappa shape index (κ1) is 13.0. The quantitative estimate of drug-likeness (QED) is 0.805. The fourth-order valence-electron chi connectivity index (χ4n) is 1.42. The van der Waals surface area contributed by atoms with Crippen LogP contribution in [0.5, 0.6) is 0 Å². The van der Waals surface area contributed by atoms with E-state index < -0.39 is 0 Å². The largest absolute Gasteiger partial charge is 0.348 e. The zero-order valence-corrected chi connectivity index (χ0v) is 10.2. The van der Waals surface area contributed by atoms with Crippen LogP contribution in [-0.2, 0) is 11.3 Å². The van der Waals surface area contributed by atoms with Gasteiger partial charge in [0.05, 0.1) is 11.6 Å². The molecule has 1 rings (SSSR count). The maximum Gasteiger partial charge on any atom is 0.246 e. The van der Waals surface area contributed by atoms with Gasteiger partial charge in [-0.2, -0.15) is 5.26 Å². The number of rotatable bonds is 4. The Kier molecular flexibility index (Phi) is 4.96. The molecule has 0 bridgehead atoms. The molecule has 3 nitrogen and oxygen atoms in total. The minimum atomic E-state index is -0.0452. The predicted molar refractivity (Wildman–Crippen MR) is 67.1 cm³/mol. The van der Waals surface area contributed by atoms with Crippen LogP contribution in [0.4, 0.5) is 0 Å². The Morgan fingerprint density at radius 3 is 2.59 bits per heavy atom. The summed E-state index contributed by atoms with van der Waals surface area (Å²) in [4.78, 5) is 11.6. The second-order valence-corrected chi connectivity index (χ2v) is 3.79. The highest BCUT2D eigenvalue weighted by atomic mass is 16.1. The van der Waals surface area contributed by atoms with Gasteiger partial charge in [-0.25, -0.2) is 0 Å². The van der Waals surface area contributed by atoms with Crippen molar-refractivity contribution in [3.05, 3.63) is 47.0 Å². The molecule has 0 fully saturated rings. The SMILES string of the molecule is CC/C=C(/C)C(=O)NCc1ccc(C#N)cc1. The molecule has 0 aliphatic heterocycles. The Morgan fingerprint density at radius 2 is 2.06 bits per heavy atom. The zero-order valence-electron chi connectivity index (χ0n) is 10.2. The van der Waals surface area contributed by atoms with E-state index in [1.54, 1.807) is 19.1 Å². The molecule has 0 heterocycles. The number of nitrogens with one attached hydrogen (secondary N) is 1. The first-order valence-electron chi connectivity index (χ1n) is 5.61. The normalized spacial score (nSPS) is 10.8. The Balaban J connectivity index is 2.53. The van der Waals surface area contributed by atoms with Gasteiger partial charge in [-0.05, 0) is 31.0 Å². The number of benzene rings is 1. The highest BCUT2D eigenvalue weighted by Crippen LogP contribution is 2.03. The summed E-state index contributed by atoms with van der Waals surface area (Å²) in [5.41, 5.74) is 2.35. The van der Waals surface area contributed by atoms with Crippen molar-refractivity contribution in [2.75, 3.05) is 0 Å². The number of carbonyl (C=O) groups is 1. The number of nitriles is 1. The van der Waals surface area contributed by atoms with Crippen molar-refractivity contribution in [2.24, 2.45) is 0 Å². The standard InChI is InChI=1S/C14H16N2O/c1-3-4-11(2)14(17)16-10-13-7-5-12(9-15)6-8-13/h4-8H,3,10H2,1-2H3,(H,16,17)/b11-4-. The van der Waals surface area contributed by atoms with Gasteiger partial charge in [0.2, 0.25) is 5.91 Å². The maximum atomic E-state index is 11.6. The molecule has 1 amide bonds. The molecule has 1 N–H and O–H groups in total. The molecule has 0 aliphatic carbocycles. The van der Waals surface area contributed by atoms with E-state index in [2.05, 4.69) is 11.4 Å². The molecular formula is C14H16N2O. The number of nitrogens with zero attached hydrogens (tertiary/aromatic N) is 1. The molecule has 0 saturated heterocycles. The van der Waals surface area contributed by atoms with Crippen LogP contribution < -0.4 is 5.32 Å². The summed E-state index contributed by atoms with van der Waals surface area (Å²) in [5.74, 6) is -0.0452. The predicted octanol–water partition coefficient (Wildman–Crippen LogP) is 2.53. The first-order chi connectivity index (χ1) is 8.17. The molecule has 0 atom stereocenters. The van der Waals surface area contributed by atoms with E-state index in [0.29, 0.717) is 12.1 Å². The summed E-state index contributed by atoms with van der Waals surface area (Å²) in [6, 6.07) is 9.24. The number of hydrogen-bond donors (Lipinski definition) is 1. The summed E-state index contributed by atoms with van der Waals surface area (Å²) in [6.45, 7) is 4.29. The second-order valence-electron chi connectivity index (χ2n) is 3.79. The smallest absolute Gasteiger partial charge is 0.246 e. The van der Waals surface area contributed by atoms with Crippen molar-refractivity contribution in [3.8, 4) is 6.07 Å². The maximum absolute atomic E-state index is 11.6. The summed E-state index contributed by atoms with van der Waals surface area (Å²) >= 11 is 0. The third-order valence-electron chi connectivity index (χ3n) is 2.40. The van der Waals surface area contributed by atoms with Crippen LogP contribution in [0.25, 0.3) is 0 Å². The Bertz CT molecular complexity index is 452. The van der Waals surface area contributed by atoms with E-state index >= 15 is 0 Å². The van der Waals surface area contributed by atoms with Crippen LogP contribution in [0.15, 0.2) is 35.9 Å². The van der Waals surface area contributed by atoms with Crippen molar-refractivity contribution >= 4 is 5.91 Å². The first-order valence-corrected chi connectivity index (χ1v) is 5.61. The monoisotopic (exact) mass is 228 g/mol. The Hall–Kier alpha value is -2.08. The fourth-order valence-corrected chi connectivity index (χ4v) is 1.42. The van der Waals surface area contributed by atoms with Crippen LogP contribution in [-0.4, -0.2) is 5.91 Å². The molecule has 0 aromatic heterocycles. The van der Waals surface area contributed by atoms with E-state index in [-0.39, 0.29) is 5.91 Å². The molecule has 17 heavy (non-hydrogen) atoms. The van der Waals surface area contributed by atoms with Crippen LogP contribution in [0.3, 0.4) is 0 Å². The lowest BCUT2D eigenvalue weighted by Gasteiger charge is -2.05. The molecule has 0 unspecified atom stereocenters. The van der Waals surface area contributed by atoms with Gasteiger partial charge >= 0.3 is 0 Å². The highest BCUT2D eigenvalue weighted by molar-refractivity contribution is 5.92. The molecule has 0 aliphatic rings. The van der Waals surface area contributed by atoms with Gasteiger partial charge in [0.1, 0.15) is 0 Å². The van der Waals surface area contributed by atoms with Gasteiger partial charge in [-0.1, -0.05) is 25.1 Å². The minimum Gasteiger partial charge on any atom is -0.348 e. The average molecular weight is 228 g/mol. The van der Waals surface area contributed by atoms with Gasteiger partial charge in [-0.3, -0.25) is 4.79 Å². The van der Waals surface area contributed by atoms with Crippen molar-refractivity contribution in [3.63, 3.8) is 0 Å². The van der Waals surface area contributed by atoms with Gasteiger partial charge < -0.3 is 5.32 Å². The van der Waals surface area contributed by atoms with Gasteiger partial charge in [-0.15, -0.1) is 0 Å².